The molecule has 0 atom stereocenters. The molecule has 0 unspecified atom stereocenters. The van der Waals surface area contributed by atoms with Crippen molar-refractivity contribution >= 4 is 23.2 Å². The molecule has 0 aromatic heterocycles. The standard InChI is InChI=1S/C15H15Cl2NO/c1-19-15-5-3-2-4-12(15)10-18-9-11-6-7-13(16)8-14(11)17/h2-8,18H,9-10H2,1H3. The zero-order valence-corrected chi connectivity index (χ0v) is 12.1. The highest BCUT2D eigenvalue weighted by molar-refractivity contribution is 6.35. The molecule has 0 spiro atoms. The summed E-state index contributed by atoms with van der Waals surface area (Å²) in [6.45, 7) is 1.41. The first-order valence-corrected chi connectivity index (χ1v) is 6.73. The van der Waals surface area contributed by atoms with E-state index in [4.69, 9.17) is 27.9 Å². The summed E-state index contributed by atoms with van der Waals surface area (Å²) in [5.41, 5.74) is 2.15. The maximum atomic E-state index is 6.12. The van der Waals surface area contributed by atoms with E-state index >= 15 is 0 Å². The lowest BCUT2D eigenvalue weighted by Gasteiger charge is -2.10. The molecule has 19 heavy (non-hydrogen) atoms. The van der Waals surface area contributed by atoms with Crippen LogP contribution in [0.5, 0.6) is 5.75 Å². The van der Waals surface area contributed by atoms with Crippen LogP contribution in [0.25, 0.3) is 0 Å². The van der Waals surface area contributed by atoms with E-state index < -0.39 is 0 Å². The summed E-state index contributed by atoms with van der Waals surface area (Å²) in [4.78, 5) is 0. The number of halogens is 2. The first-order chi connectivity index (χ1) is 9.20. The van der Waals surface area contributed by atoms with E-state index in [9.17, 15) is 0 Å². The highest BCUT2D eigenvalue weighted by Crippen LogP contribution is 2.21. The second kappa shape index (κ2) is 6.80. The molecule has 2 nitrogen and oxygen atoms in total. The second-order valence-corrected chi connectivity index (χ2v) is 4.99. The van der Waals surface area contributed by atoms with Crippen LogP contribution in [-0.2, 0) is 13.1 Å². The number of nitrogens with one attached hydrogen (secondary N) is 1. The zero-order chi connectivity index (χ0) is 13.7. The van der Waals surface area contributed by atoms with Gasteiger partial charge in [-0.25, -0.2) is 0 Å². The van der Waals surface area contributed by atoms with Crippen LogP contribution in [-0.4, -0.2) is 7.11 Å². The topological polar surface area (TPSA) is 21.3 Å². The monoisotopic (exact) mass is 295 g/mol. The van der Waals surface area contributed by atoms with Gasteiger partial charge in [-0.1, -0.05) is 47.5 Å². The van der Waals surface area contributed by atoms with Gasteiger partial charge in [-0.15, -0.1) is 0 Å². The number of benzene rings is 2. The van der Waals surface area contributed by atoms with Crippen molar-refractivity contribution in [1.29, 1.82) is 0 Å². The molecule has 0 aliphatic heterocycles. The Labute approximate surface area is 123 Å². The summed E-state index contributed by atoms with van der Waals surface area (Å²) in [6, 6.07) is 13.5. The average Bonchev–Trinajstić information content (AvgIpc) is 2.42. The summed E-state index contributed by atoms with van der Waals surface area (Å²) >= 11 is 12.0. The number of para-hydroxylation sites is 1. The van der Waals surface area contributed by atoms with Crippen molar-refractivity contribution in [3.8, 4) is 5.75 Å². The Bertz CT molecular complexity index is 558. The fraction of sp³-hybridized carbons (Fsp3) is 0.200. The molecule has 0 saturated carbocycles. The Morgan fingerprint density at radius 3 is 2.47 bits per heavy atom. The van der Waals surface area contributed by atoms with Crippen LogP contribution < -0.4 is 10.1 Å². The van der Waals surface area contributed by atoms with Crippen LogP contribution >= 0.6 is 23.2 Å². The predicted molar refractivity (Wildman–Crippen MR) is 80.0 cm³/mol. The summed E-state index contributed by atoms with van der Waals surface area (Å²) < 4.78 is 5.30. The molecule has 2 aromatic rings. The minimum Gasteiger partial charge on any atom is -0.496 e. The second-order valence-electron chi connectivity index (χ2n) is 4.15. The Hall–Kier alpha value is -1.22. The molecule has 0 bridgehead atoms. The van der Waals surface area contributed by atoms with E-state index in [1.807, 2.05) is 36.4 Å². The summed E-state index contributed by atoms with van der Waals surface area (Å²) in [6.07, 6.45) is 0. The Morgan fingerprint density at radius 1 is 1.00 bits per heavy atom. The number of hydrogen-bond acceptors (Lipinski definition) is 2. The van der Waals surface area contributed by atoms with E-state index in [2.05, 4.69) is 5.32 Å². The molecule has 0 aliphatic carbocycles. The van der Waals surface area contributed by atoms with Crippen molar-refractivity contribution in [2.75, 3.05) is 7.11 Å². The lowest BCUT2D eigenvalue weighted by Crippen LogP contribution is -2.13. The van der Waals surface area contributed by atoms with Gasteiger partial charge in [0, 0.05) is 28.7 Å². The molecule has 100 valence electrons. The molecule has 0 heterocycles. The van der Waals surface area contributed by atoms with Crippen LogP contribution in [0.2, 0.25) is 10.0 Å². The van der Waals surface area contributed by atoms with Gasteiger partial charge < -0.3 is 10.1 Å². The molecule has 2 aromatic carbocycles. The van der Waals surface area contributed by atoms with Crippen molar-refractivity contribution in [3.63, 3.8) is 0 Å². The fourth-order valence-electron chi connectivity index (χ4n) is 1.85. The van der Waals surface area contributed by atoms with Crippen LogP contribution in [0.3, 0.4) is 0 Å². The number of hydrogen-bond donors (Lipinski definition) is 1. The molecule has 0 saturated heterocycles. The molecule has 1 N–H and O–H groups in total. The van der Waals surface area contributed by atoms with Gasteiger partial charge in [0.05, 0.1) is 7.11 Å². The molecule has 0 aliphatic rings. The SMILES string of the molecule is COc1ccccc1CNCc1ccc(Cl)cc1Cl. The zero-order valence-electron chi connectivity index (χ0n) is 10.6. The quantitative estimate of drug-likeness (QED) is 0.888. The van der Waals surface area contributed by atoms with Gasteiger partial charge in [0.15, 0.2) is 0 Å². The minimum absolute atomic E-state index is 0.651. The Balaban J connectivity index is 1.96. The van der Waals surface area contributed by atoms with Crippen molar-refractivity contribution in [1.82, 2.24) is 5.32 Å². The van der Waals surface area contributed by atoms with Crippen LogP contribution in [0.1, 0.15) is 11.1 Å². The van der Waals surface area contributed by atoms with Gasteiger partial charge in [-0.3, -0.25) is 0 Å². The minimum atomic E-state index is 0.651. The van der Waals surface area contributed by atoms with Crippen molar-refractivity contribution < 1.29 is 4.74 Å². The van der Waals surface area contributed by atoms with E-state index in [0.717, 1.165) is 23.4 Å². The molecular formula is C15H15Cl2NO. The van der Waals surface area contributed by atoms with Gasteiger partial charge in [0.2, 0.25) is 0 Å². The molecule has 0 amide bonds. The third kappa shape index (κ3) is 3.87. The highest BCUT2D eigenvalue weighted by atomic mass is 35.5. The third-order valence-corrected chi connectivity index (χ3v) is 3.43. The summed E-state index contributed by atoms with van der Waals surface area (Å²) in [5, 5.41) is 4.68. The molecule has 0 radical (unpaired) electrons. The largest absolute Gasteiger partial charge is 0.496 e. The Morgan fingerprint density at radius 2 is 1.74 bits per heavy atom. The van der Waals surface area contributed by atoms with E-state index in [1.165, 1.54) is 0 Å². The van der Waals surface area contributed by atoms with E-state index in [-0.39, 0.29) is 0 Å². The summed E-state index contributed by atoms with van der Waals surface area (Å²) in [5.74, 6) is 0.886. The van der Waals surface area contributed by atoms with Crippen molar-refractivity contribution in [2.45, 2.75) is 13.1 Å². The van der Waals surface area contributed by atoms with Gasteiger partial charge >= 0.3 is 0 Å². The lowest BCUT2D eigenvalue weighted by molar-refractivity contribution is 0.407. The van der Waals surface area contributed by atoms with Gasteiger partial charge in [-0.05, 0) is 23.8 Å². The van der Waals surface area contributed by atoms with Crippen LogP contribution in [0, 0.1) is 0 Å². The van der Waals surface area contributed by atoms with Crippen molar-refractivity contribution in [3.05, 3.63) is 63.6 Å². The maximum absolute atomic E-state index is 6.12. The van der Waals surface area contributed by atoms with Gasteiger partial charge in [0.25, 0.3) is 0 Å². The van der Waals surface area contributed by atoms with Gasteiger partial charge in [-0.2, -0.15) is 0 Å². The average molecular weight is 296 g/mol. The first kappa shape index (κ1) is 14.2. The summed E-state index contributed by atoms with van der Waals surface area (Å²) in [7, 11) is 1.68. The maximum Gasteiger partial charge on any atom is 0.123 e. The smallest absolute Gasteiger partial charge is 0.123 e. The predicted octanol–water partition coefficient (Wildman–Crippen LogP) is 4.29. The third-order valence-electron chi connectivity index (χ3n) is 2.84. The number of ether oxygens (including phenoxy) is 1. The molecule has 2 rings (SSSR count). The fourth-order valence-corrected chi connectivity index (χ4v) is 2.32. The molecule has 4 heteroatoms. The normalized spacial score (nSPS) is 10.5. The highest BCUT2D eigenvalue weighted by Gasteiger charge is 2.03. The van der Waals surface area contributed by atoms with Crippen LogP contribution in [0.4, 0.5) is 0 Å². The Kier molecular flexibility index (Phi) is 5.08. The van der Waals surface area contributed by atoms with Gasteiger partial charge in [0.1, 0.15) is 5.75 Å². The first-order valence-electron chi connectivity index (χ1n) is 5.97. The van der Waals surface area contributed by atoms with E-state index in [1.54, 1.807) is 13.2 Å². The van der Waals surface area contributed by atoms with E-state index in [0.29, 0.717) is 16.6 Å². The molecular weight excluding hydrogens is 281 g/mol. The van der Waals surface area contributed by atoms with Crippen molar-refractivity contribution in [2.24, 2.45) is 0 Å². The lowest BCUT2D eigenvalue weighted by atomic mass is 10.2. The number of rotatable bonds is 5. The van der Waals surface area contributed by atoms with Crippen LogP contribution in [0.15, 0.2) is 42.5 Å². The molecule has 0 fully saturated rings. The number of methoxy groups -OCH3 is 1.